The van der Waals surface area contributed by atoms with Crippen molar-refractivity contribution in [3.63, 3.8) is 0 Å². The van der Waals surface area contributed by atoms with Crippen LogP contribution in [0, 0.1) is 6.92 Å². The molecule has 0 fully saturated rings. The van der Waals surface area contributed by atoms with Crippen LogP contribution in [0.15, 0.2) is 24.3 Å². The SMILES string of the molecule is CCCCC(=O)NCC(=O)N(CC)c1cccc(C)c1. The molecule has 1 aromatic carbocycles. The highest BCUT2D eigenvalue weighted by Crippen LogP contribution is 2.15. The van der Waals surface area contributed by atoms with Gasteiger partial charge in [-0.1, -0.05) is 25.5 Å². The van der Waals surface area contributed by atoms with E-state index < -0.39 is 0 Å². The summed E-state index contributed by atoms with van der Waals surface area (Å²) in [6, 6.07) is 7.81. The van der Waals surface area contributed by atoms with Crippen LogP contribution in [-0.2, 0) is 9.59 Å². The number of unbranched alkanes of at least 4 members (excludes halogenated alkanes) is 1. The van der Waals surface area contributed by atoms with E-state index in [0.717, 1.165) is 24.1 Å². The lowest BCUT2D eigenvalue weighted by Gasteiger charge is -2.21. The van der Waals surface area contributed by atoms with Crippen molar-refractivity contribution in [1.29, 1.82) is 0 Å². The molecule has 1 rings (SSSR count). The highest BCUT2D eigenvalue weighted by Gasteiger charge is 2.14. The van der Waals surface area contributed by atoms with Gasteiger partial charge in [0, 0.05) is 18.7 Å². The monoisotopic (exact) mass is 276 g/mol. The normalized spacial score (nSPS) is 10.2. The predicted octanol–water partition coefficient (Wildman–Crippen LogP) is 2.65. The van der Waals surface area contributed by atoms with Crippen molar-refractivity contribution < 1.29 is 9.59 Å². The fourth-order valence-corrected chi connectivity index (χ4v) is 1.99. The van der Waals surface area contributed by atoms with Gasteiger partial charge in [-0.25, -0.2) is 0 Å². The average Bonchev–Trinajstić information content (AvgIpc) is 2.43. The van der Waals surface area contributed by atoms with Crippen LogP contribution in [-0.4, -0.2) is 24.9 Å². The molecule has 0 aliphatic heterocycles. The Morgan fingerprint density at radius 2 is 2.00 bits per heavy atom. The van der Waals surface area contributed by atoms with Crippen LogP contribution in [0.5, 0.6) is 0 Å². The molecule has 0 aromatic heterocycles. The minimum atomic E-state index is -0.0806. The second kappa shape index (κ2) is 8.35. The van der Waals surface area contributed by atoms with Crippen LogP contribution in [0.3, 0.4) is 0 Å². The molecular weight excluding hydrogens is 252 g/mol. The number of carbonyl (C=O) groups is 2. The Hall–Kier alpha value is -1.84. The largest absolute Gasteiger partial charge is 0.347 e. The molecule has 4 nitrogen and oxygen atoms in total. The van der Waals surface area contributed by atoms with Crippen LogP contribution in [0.2, 0.25) is 0 Å². The van der Waals surface area contributed by atoms with Gasteiger partial charge in [-0.05, 0) is 38.0 Å². The summed E-state index contributed by atoms with van der Waals surface area (Å²) in [5.41, 5.74) is 1.99. The predicted molar refractivity (Wildman–Crippen MR) is 81.7 cm³/mol. The number of hydrogen-bond acceptors (Lipinski definition) is 2. The van der Waals surface area contributed by atoms with Crippen molar-refractivity contribution in [3.05, 3.63) is 29.8 Å². The summed E-state index contributed by atoms with van der Waals surface area (Å²) in [6.45, 7) is 6.61. The third-order valence-corrected chi connectivity index (χ3v) is 3.12. The van der Waals surface area contributed by atoms with E-state index in [-0.39, 0.29) is 18.4 Å². The van der Waals surface area contributed by atoms with E-state index in [2.05, 4.69) is 5.32 Å². The second-order valence-corrected chi connectivity index (χ2v) is 4.86. The highest BCUT2D eigenvalue weighted by atomic mass is 16.2. The lowest BCUT2D eigenvalue weighted by atomic mass is 10.2. The summed E-state index contributed by atoms with van der Waals surface area (Å²) in [5.74, 6) is -0.136. The quantitative estimate of drug-likeness (QED) is 0.832. The molecule has 1 N–H and O–H groups in total. The summed E-state index contributed by atoms with van der Waals surface area (Å²) in [7, 11) is 0. The van der Waals surface area contributed by atoms with Crippen molar-refractivity contribution in [1.82, 2.24) is 5.32 Å². The lowest BCUT2D eigenvalue weighted by Crippen LogP contribution is -2.40. The third-order valence-electron chi connectivity index (χ3n) is 3.12. The molecular formula is C16H24N2O2. The van der Waals surface area contributed by atoms with Gasteiger partial charge in [-0.15, -0.1) is 0 Å². The molecule has 0 atom stereocenters. The minimum absolute atomic E-state index is 0.0551. The molecule has 0 aliphatic carbocycles. The third kappa shape index (κ3) is 5.03. The summed E-state index contributed by atoms with van der Waals surface area (Å²) in [6.07, 6.45) is 2.32. The maximum absolute atomic E-state index is 12.2. The number of nitrogens with zero attached hydrogens (tertiary/aromatic N) is 1. The van der Waals surface area contributed by atoms with Crippen LogP contribution in [0.25, 0.3) is 0 Å². The van der Waals surface area contributed by atoms with E-state index in [4.69, 9.17) is 0 Å². The van der Waals surface area contributed by atoms with E-state index in [1.165, 1.54) is 0 Å². The number of likely N-dealkylation sites (N-methyl/N-ethyl adjacent to an activating group) is 1. The Labute approximate surface area is 121 Å². The summed E-state index contributed by atoms with van der Waals surface area (Å²) < 4.78 is 0. The molecule has 0 unspecified atom stereocenters. The van der Waals surface area contributed by atoms with Crippen molar-refractivity contribution in [2.24, 2.45) is 0 Å². The van der Waals surface area contributed by atoms with E-state index in [1.54, 1.807) is 4.90 Å². The van der Waals surface area contributed by atoms with Gasteiger partial charge >= 0.3 is 0 Å². The number of carbonyl (C=O) groups excluding carboxylic acids is 2. The fourth-order valence-electron chi connectivity index (χ4n) is 1.99. The van der Waals surface area contributed by atoms with Gasteiger partial charge in [0.15, 0.2) is 0 Å². The Morgan fingerprint density at radius 3 is 2.60 bits per heavy atom. The van der Waals surface area contributed by atoms with E-state index in [0.29, 0.717) is 13.0 Å². The van der Waals surface area contributed by atoms with Crippen LogP contribution < -0.4 is 10.2 Å². The number of nitrogens with one attached hydrogen (secondary N) is 1. The van der Waals surface area contributed by atoms with Crippen LogP contribution in [0.1, 0.15) is 38.7 Å². The van der Waals surface area contributed by atoms with Gasteiger partial charge in [0.1, 0.15) is 0 Å². The zero-order valence-corrected chi connectivity index (χ0v) is 12.6. The van der Waals surface area contributed by atoms with E-state index in [1.807, 2.05) is 45.0 Å². The summed E-state index contributed by atoms with van der Waals surface area (Å²) in [4.78, 5) is 25.4. The van der Waals surface area contributed by atoms with Gasteiger partial charge in [0.25, 0.3) is 0 Å². The molecule has 110 valence electrons. The van der Waals surface area contributed by atoms with Crippen molar-refractivity contribution >= 4 is 17.5 Å². The van der Waals surface area contributed by atoms with Crippen LogP contribution in [0.4, 0.5) is 5.69 Å². The first-order valence-electron chi connectivity index (χ1n) is 7.22. The molecule has 0 saturated heterocycles. The van der Waals surface area contributed by atoms with Crippen molar-refractivity contribution in [2.45, 2.75) is 40.0 Å². The average molecular weight is 276 g/mol. The van der Waals surface area contributed by atoms with E-state index >= 15 is 0 Å². The van der Waals surface area contributed by atoms with Gasteiger partial charge < -0.3 is 10.2 Å². The summed E-state index contributed by atoms with van der Waals surface area (Å²) in [5, 5.41) is 2.69. The molecule has 0 heterocycles. The lowest BCUT2D eigenvalue weighted by molar-refractivity contribution is -0.125. The van der Waals surface area contributed by atoms with Crippen molar-refractivity contribution in [2.75, 3.05) is 18.0 Å². The number of rotatable bonds is 7. The fraction of sp³-hybridized carbons (Fsp3) is 0.500. The number of amides is 2. The van der Waals surface area contributed by atoms with Gasteiger partial charge in [0.2, 0.25) is 11.8 Å². The Balaban J connectivity index is 2.57. The first-order chi connectivity index (χ1) is 9.58. The van der Waals surface area contributed by atoms with Gasteiger partial charge in [-0.2, -0.15) is 0 Å². The smallest absolute Gasteiger partial charge is 0.246 e. The Bertz CT molecular complexity index is 458. The minimum Gasteiger partial charge on any atom is -0.347 e. The first-order valence-corrected chi connectivity index (χ1v) is 7.22. The number of hydrogen-bond donors (Lipinski definition) is 1. The van der Waals surface area contributed by atoms with E-state index in [9.17, 15) is 9.59 Å². The Morgan fingerprint density at radius 1 is 1.25 bits per heavy atom. The topological polar surface area (TPSA) is 49.4 Å². The molecule has 0 spiro atoms. The molecule has 0 saturated carbocycles. The van der Waals surface area contributed by atoms with Gasteiger partial charge in [0.05, 0.1) is 6.54 Å². The zero-order valence-electron chi connectivity index (χ0n) is 12.6. The second-order valence-electron chi connectivity index (χ2n) is 4.86. The molecule has 2 amide bonds. The zero-order chi connectivity index (χ0) is 15.0. The maximum atomic E-state index is 12.2. The molecule has 0 aliphatic rings. The molecule has 0 bridgehead atoms. The number of anilines is 1. The van der Waals surface area contributed by atoms with Crippen LogP contribution >= 0.6 is 0 Å². The van der Waals surface area contributed by atoms with Crippen molar-refractivity contribution in [3.8, 4) is 0 Å². The number of aryl methyl sites for hydroxylation is 1. The number of benzene rings is 1. The van der Waals surface area contributed by atoms with Gasteiger partial charge in [-0.3, -0.25) is 9.59 Å². The maximum Gasteiger partial charge on any atom is 0.246 e. The molecule has 4 heteroatoms. The standard InChI is InChI=1S/C16H24N2O2/c1-4-6-10-15(19)17-12-16(20)18(5-2)14-9-7-8-13(3)11-14/h7-9,11H,4-6,10,12H2,1-3H3,(H,17,19). The molecule has 0 radical (unpaired) electrons. The Kier molecular flexibility index (Phi) is 6.77. The first kappa shape index (κ1) is 16.2. The molecule has 1 aromatic rings. The molecule has 20 heavy (non-hydrogen) atoms. The highest BCUT2D eigenvalue weighted by molar-refractivity contribution is 5.96. The summed E-state index contributed by atoms with van der Waals surface area (Å²) >= 11 is 0.